The quantitative estimate of drug-likeness (QED) is 0.595. The zero-order valence-electron chi connectivity index (χ0n) is 11.5. The van der Waals surface area contributed by atoms with Crippen LogP contribution in [0.3, 0.4) is 0 Å². The molecule has 0 saturated heterocycles. The van der Waals surface area contributed by atoms with Crippen LogP contribution in [0.15, 0.2) is 18.2 Å². The van der Waals surface area contributed by atoms with E-state index in [1.54, 1.807) is 32.2 Å². The average molecular weight is 319 g/mol. The van der Waals surface area contributed by atoms with Crippen molar-refractivity contribution in [2.45, 2.75) is 18.6 Å². The molecule has 112 valence electrons. The van der Waals surface area contributed by atoms with Gasteiger partial charge in [0.15, 0.2) is 0 Å². The van der Waals surface area contributed by atoms with Crippen LogP contribution in [-0.4, -0.2) is 34.8 Å². The summed E-state index contributed by atoms with van der Waals surface area (Å²) >= 11 is 5.78. The van der Waals surface area contributed by atoms with Crippen molar-refractivity contribution in [1.29, 1.82) is 0 Å². The number of ether oxygens (including phenoxy) is 1. The molecule has 3 N–H and O–H groups in total. The van der Waals surface area contributed by atoms with Gasteiger partial charge in [-0.25, -0.2) is 0 Å². The molecule has 20 heavy (non-hydrogen) atoms. The Kier molecular flexibility index (Phi) is 6.98. The molecule has 1 amide bonds. The zero-order chi connectivity index (χ0) is 15.1. The van der Waals surface area contributed by atoms with E-state index < -0.39 is 16.0 Å². The summed E-state index contributed by atoms with van der Waals surface area (Å²) in [6.45, 7) is 2.16. The Balaban J connectivity index is 2.59. The summed E-state index contributed by atoms with van der Waals surface area (Å²) in [5.41, 5.74) is 6.60. The Hall–Kier alpha value is -1.11. The lowest BCUT2D eigenvalue weighted by Gasteiger charge is -2.13. The molecule has 7 heteroatoms. The predicted molar refractivity (Wildman–Crippen MR) is 83.5 cm³/mol. The van der Waals surface area contributed by atoms with Crippen molar-refractivity contribution in [2.75, 3.05) is 30.5 Å². The highest BCUT2D eigenvalue weighted by Gasteiger charge is 2.20. The Morgan fingerprint density at radius 3 is 2.85 bits per heavy atom. The van der Waals surface area contributed by atoms with Gasteiger partial charge in [0.2, 0.25) is 5.91 Å². The number of hydrogen-bond acceptors (Lipinski definition) is 4. The van der Waals surface area contributed by atoms with Crippen molar-refractivity contribution < 1.29 is 13.7 Å². The van der Waals surface area contributed by atoms with E-state index in [0.29, 0.717) is 35.2 Å². The highest BCUT2D eigenvalue weighted by Crippen LogP contribution is 2.23. The van der Waals surface area contributed by atoms with Gasteiger partial charge in [-0.3, -0.25) is 9.00 Å². The van der Waals surface area contributed by atoms with E-state index >= 15 is 0 Å². The molecule has 1 rings (SSSR count). The van der Waals surface area contributed by atoms with Crippen LogP contribution in [0.1, 0.15) is 13.3 Å². The maximum atomic E-state index is 12.0. The Morgan fingerprint density at radius 2 is 2.25 bits per heavy atom. The standard InChI is InChI=1S/C13H19ClN2O3S/c1-9(20(18)7-3-6-19-2)13(17)16-12-5-4-10(14)8-11(12)15/h4-5,8-9H,3,6-7,15H2,1-2H3,(H,16,17). The van der Waals surface area contributed by atoms with Gasteiger partial charge in [0.1, 0.15) is 5.25 Å². The van der Waals surface area contributed by atoms with Gasteiger partial charge >= 0.3 is 0 Å². The number of amides is 1. The molecule has 0 bridgehead atoms. The number of benzene rings is 1. The smallest absolute Gasteiger partial charge is 0.239 e. The first-order valence-corrected chi connectivity index (χ1v) is 7.93. The second kappa shape index (κ2) is 8.24. The largest absolute Gasteiger partial charge is 0.397 e. The van der Waals surface area contributed by atoms with Crippen LogP contribution in [0, 0.1) is 0 Å². The SMILES string of the molecule is COCCCS(=O)C(C)C(=O)Nc1ccc(Cl)cc1N. The minimum Gasteiger partial charge on any atom is -0.397 e. The van der Waals surface area contributed by atoms with Crippen LogP contribution in [0.25, 0.3) is 0 Å². The third kappa shape index (κ3) is 5.11. The van der Waals surface area contributed by atoms with Gasteiger partial charge < -0.3 is 15.8 Å². The number of rotatable bonds is 7. The summed E-state index contributed by atoms with van der Waals surface area (Å²) in [5.74, 6) is 0.105. The molecule has 0 heterocycles. The number of nitrogens with one attached hydrogen (secondary N) is 1. The van der Waals surface area contributed by atoms with E-state index in [-0.39, 0.29) is 5.91 Å². The van der Waals surface area contributed by atoms with E-state index in [4.69, 9.17) is 22.1 Å². The van der Waals surface area contributed by atoms with Crippen molar-refractivity contribution >= 4 is 39.7 Å². The van der Waals surface area contributed by atoms with Gasteiger partial charge in [0, 0.05) is 35.3 Å². The number of methoxy groups -OCH3 is 1. The maximum Gasteiger partial charge on any atom is 0.239 e. The van der Waals surface area contributed by atoms with Crippen molar-refractivity contribution in [3.05, 3.63) is 23.2 Å². The summed E-state index contributed by atoms with van der Waals surface area (Å²) in [4.78, 5) is 12.0. The molecule has 1 aromatic rings. The molecular weight excluding hydrogens is 300 g/mol. The fourth-order valence-electron chi connectivity index (χ4n) is 1.52. The number of carbonyl (C=O) groups excluding carboxylic acids is 1. The van der Waals surface area contributed by atoms with Gasteiger partial charge in [0.25, 0.3) is 0 Å². The molecule has 0 saturated carbocycles. The van der Waals surface area contributed by atoms with Crippen LogP contribution in [-0.2, 0) is 20.3 Å². The first kappa shape index (κ1) is 16.9. The van der Waals surface area contributed by atoms with Crippen LogP contribution in [0.4, 0.5) is 11.4 Å². The van der Waals surface area contributed by atoms with Crippen molar-refractivity contribution in [1.82, 2.24) is 0 Å². The summed E-state index contributed by atoms with van der Waals surface area (Å²) in [6.07, 6.45) is 0.657. The lowest BCUT2D eigenvalue weighted by molar-refractivity contribution is -0.115. The minimum absolute atomic E-state index is 0.324. The van der Waals surface area contributed by atoms with Gasteiger partial charge in [-0.15, -0.1) is 0 Å². The van der Waals surface area contributed by atoms with Gasteiger partial charge in [-0.1, -0.05) is 11.6 Å². The molecule has 2 atom stereocenters. The predicted octanol–water partition coefficient (Wildman–Crippen LogP) is 2.03. The number of nitrogens with two attached hydrogens (primary N) is 1. The first-order valence-electron chi connectivity index (χ1n) is 6.17. The summed E-state index contributed by atoms with van der Waals surface area (Å²) in [6, 6.07) is 4.81. The lowest BCUT2D eigenvalue weighted by atomic mass is 10.2. The molecule has 0 aromatic heterocycles. The highest BCUT2D eigenvalue weighted by molar-refractivity contribution is 7.86. The van der Waals surface area contributed by atoms with Crippen LogP contribution >= 0.6 is 11.6 Å². The summed E-state index contributed by atoms with van der Waals surface area (Å²) in [5, 5.41) is 2.55. The molecule has 0 aliphatic rings. The van der Waals surface area contributed by atoms with E-state index in [1.807, 2.05) is 0 Å². The molecule has 0 radical (unpaired) electrons. The number of carbonyl (C=O) groups is 1. The lowest BCUT2D eigenvalue weighted by Crippen LogP contribution is -2.30. The van der Waals surface area contributed by atoms with Crippen LogP contribution in [0.5, 0.6) is 0 Å². The summed E-state index contributed by atoms with van der Waals surface area (Å²) in [7, 11) is 0.346. The normalized spacial score (nSPS) is 13.8. The maximum absolute atomic E-state index is 12.0. The van der Waals surface area contributed by atoms with E-state index in [1.165, 1.54) is 0 Å². The monoisotopic (exact) mass is 318 g/mol. The third-order valence-electron chi connectivity index (χ3n) is 2.73. The van der Waals surface area contributed by atoms with Crippen LogP contribution in [0.2, 0.25) is 5.02 Å². The van der Waals surface area contributed by atoms with Gasteiger partial charge in [0.05, 0.1) is 11.4 Å². The topological polar surface area (TPSA) is 81.4 Å². The fourth-order valence-corrected chi connectivity index (χ4v) is 2.76. The van der Waals surface area contributed by atoms with Crippen molar-refractivity contribution in [3.8, 4) is 0 Å². The molecule has 0 spiro atoms. The first-order chi connectivity index (χ1) is 9.45. The number of halogens is 1. The Labute approximate surface area is 126 Å². The van der Waals surface area contributed by atoms with E-state index in [9.17, 15) is 9.00 Å². The van der Waals surface area contributed by atoms with Gasteiger partial charge in [-0.05, 0) is 31.5 Å². The second-order valence-electron chi connectivity index (χ2n) is 4.29. The molecule has 0 fully saturated rings. The van der Waals surface area contributed by atoms with E-state index in [2.05, 4.69) is 5.32 Å². The Morgan fingerprint density at radius 1 is 1.55 bits per heavy atom. The van der Waals surface area contributed by atoms with Crippen molar-refractivity contribution in [2.24, 2.45) is 0 Å². The molecule has 0 aliphatic carbocycles. The minimum atomic E-state index is -1.24. The molecule has 5 nitrogen and oxygen atoms in total. The molecule has 0 aliphatic heterocycles. The number of anilines is 2. The van der Waals surface area contributed by atoms with Gasteiger partial charge in [-0.2, -0.15) is 0 Å². The van der Waals surface area contributed by atoms with Crippen LogP contribution < -0.4 is 11.1 Å². The highest BCUT2D eigenvalue weighted by atomic mass is 35.5. The molecule has 2 unspecified atom stereocenters. The fraction of sp³-hybridized carbons (Fsp3) is 0.462. The summed E-state index contributed by atoms with van der Waals surface area (Å²) < 4.78 is 16.8. The average Bonchev–Trinajstić information content (AvgIpc) is 2.41. The number of nitrogen functional groups attached to an aromatic ring is 1. The Bertz CT molecular complexity index is 497. The molecule has 1 aromatic carbocycles. The van der Waals surface area contributed by atoms with Crippen molar-refractivity contribution in [3.63, 3.8) is 0 Å². The zero-order valence-corrected chi connectivity index (χ0v) is 13.1. The second-order valence-corrected chi connectivity index (χ2v) is 6.61. The van der Waals surface area contributed by atoms with E-state index in [0.717, 1.165) is 0 Å². The number of hydrogen-bond donors (Lipinski definition) is 2. The third-order valence-corrected chi connectivity index (χ3v) is 4.66. The molecular formula is C13H19ClN2O3S.